The third-order valence-electron chi connectivity index (χ3n) is 3.47. The first-order chi connectivity index (χ1) is 10.6. The SMILES string of the molecule is COc1cc2[nH]c(=S)[n+](Cc3cccs3)c(N)c2cc1OC. The second-order valence-electron chi connectivity index (χ2n) is 4.73. The van der Waals surface area contributed by atoms with Crippen LogP contribution in [0.15, 0.2) is 29.6 Å². The molecule has 1 aromatic carbocycles. The van der Waals surface area contributed by atoms with E-state index in [0.29, 0.717) is 28.6 Å². The number of nitrogens with two attached hydrogens (primary N) is 1. The van der Waals surface area contributed by atoms with Gasteiger partial charge in [-0.15, -0.1) is 11.3 Å². The molecule has 0 unspecified atom stereocenters. The van der Waals surface area contributed by atoms with E-state index in [9.17, 15) is 0 Å². The average Bonchev–Trinajstić information content (AvgIpc) is 3.03. The van der Waals surface area contributed by atoms with Gasteiger partial charge in [0.05, 0.1) is 19.6 Å². The lowest BCUT2D eigenvalue weighted by atomic mass is 10.2. The normalized spacial score (nSPS) is 10.8. The molecular formula is C15H16N3O2S2+. The van der Waals surface area contributed by atoms with Gasteiger partial charge in [-0.3, -0.25) is 4.98 Å². The van der Waals surface area contributed by atoms with Gasteiger partial charge in [0.25, 0.3) is 4.77 Å². The van der Waals surface area contributed by atoms with Crippen LogP contribution >= 0.6 is 23.6 Å². The molecule has 7 heteroatoms. The molecule has 3 rings (SSSR count). The number of hydrogen-bond acceptors (Lipinski definition) is 5. The van der Waals surface area contributed by atoms with Crippen LogP contribution < -0.4 is 19.8 Å². The number of aromatic nitrogens is 2. The molecule has 22 heavy (non-hydrogen) atoms. The van der Waals surface area contributed by atoms with Crippen molar-refractivity contribution < 1.29 is 14.0 Å². The van der Waals surface area contributed by atoms with E-state index in [1.807, 2.05) is 28.1 Å². The highest BCUT2D eigenvalue weighted by Gasteiger charge is 2.16. The zero-order chi connectivity index (χ0) is 15.7. The van der Waals surface area contributed by atoms with Gasteiger partial charge in [0.1, 0.15) is 12.1 Å². The fraction of sp³-hybridized carbons (Fsp3) is 0.200. The number of ether oxygens (including phenoxy) is 2. The molecule has 0 fully saturated rings. The van der Waals surface area contributed by atoms with Crippen molar-refractivity contribution in [3.05, 3.63) is 39.3 Å². The number of nitrogens with one attached hydrogen (secondary N) is 1. The van der Waals surface area contributed by atoms with Crippen LogP contribution in [0.1, 0.15) is 4.88 Å². The maximum absolute atomic E-state index is 6.34. The Labute approximate surface area is 136 Å². The van der Waals surface area contributed by atoms with Gasteiger partial charge in [-0.05, 0) is 23.7 Å². The highest BCUT2D eigenvalue weighted by molar-refractivity contribution is 7.71. The van der Waals surface area contributed by atoms with Crippen molar-refractivity contribution in [1.82, 2.24) is 4.98 Å². The van der Waals surface area contributed by atoms with Crippen LogP contribution in [0.4, 0.5) is 5.82 Å². The van der Waals surface area contributed by atoms with E-state index in [1.165, 1.54) is 4.88 Å². The van der Waals surface area contributed by atoms with Crippen LogP contribution in [0.2, 0.25) is 0 Å². The Balaban J connectivity index is 2.21. The van der Waals surface area contributed by atoms with Gasteiger partial charge in [-0.25, -0.2) is 4.57 Å². The summed E-state index contributed by atoms with van der Waals surface area (Å²) >= 11 is 7.11. The largest absolute Gasteiger partial charge is 0.493 e. The maximum Gasteiger partial charge on any atom is 0.295 e. The minimum atomic E-state index is 0.575. The lowest BCUT2D eigenvalue weighted by Gasteiger charge is -2.11. The summed E-state index contributed by atoms with van der Waals surface area (Å²) in [7, 11) is 3.20. The van der Waals surface area contributed by atoms with Crippen molar-refractivity contribution in [2.45, 2.75) is 6.54 Å². The lowest BCUT2D eigenvalue weighted by Crippen LogP contribution is -2.39. The molecule has 3 aromatic rings. The van der Waals surface area contributed by atoms with Crippen LogP contribution in [-0.2, 0) is 6.54 Å². The Morgan fingerprint density at radius 1 is 1.27 bits per heavy atom. The summed E-state index contributed by atoms with van der Waals surface area (Å²) in [6, 6.07) is 7.78. The number of nitrogen functional groups attached to an aromatic ring is 1. The Morgan fingerprint density at radius 3 is 2.64 bits per heavy atom. The fourth-order valence-corrected chi connectivity index (χ4v) is 3.31. The standard InChI is InChI=1S/C15H15N3O2S2/c1-19-12-6-10-11(7-13(12)20-2)17-15(21)18(14(10)16)8-9-4-3-5-22-9/h3-7H,8H2,1-2H3,(H2,16,17,21)/p+1. The number of thiophene rings is 1. The first-order valence-electron chi connectivity index (χ1n) is 6.63. The molecule has 0 radical (unpaired) electrons. The molecule has 2 heterocycles. The minimum Gasteiger partial charge on any atom is -0.493 e. The Morgan fingerprint density at radius 2 is 2.00 bits per heavy atom. The molecule has 0 atom stereocenters. The van der Waals surface area contributed by atoms with Gasteiger partial charge in [-0.1, -0.05) is 6.07 Å². The van der Waals surface area contributed by atoms with Gasteiger partial charge in [0.2, 0.25) is 5.82 Å². The molecule has 2 aromatic heterocycles. The number of rotatable bonds is 4. The van der Waals surface area contributed by atoms with Crippen molar-refractivity contribution in [3.63, 3.8) is 0 Å². The van der Waals surface area contributed by atoms with E-state index >= 15 is 0 Å². The molecule has 5 nitrogen and oxygen atoms in total. The Kier molecular flexibility index (Phi) is 4.00. The summed E-state index contributed by atoms with van der Waals surface area (Å²) in [5.41, 5.74) is 7.16. The summed E-state index contributed by atoms with van der Waals surface area (Å²) in [5, 5.41) is 2.89. The molecular weight excluding hydrogens is 318 g/mol. The number of aromatic amines is 1. The van der Waals surface area contributed by atoms with Gasteiger partial charge in [0.15, 0.2) is 11.5 Å². The molecule has 0 saturated heterocycles. The second kappa shape index (κ2) is 5.94. The quantitative estimate of drug-likeness (QED) is 0.569. The smallest absolute Gasteiger partial charge is 0.295 e. The molecule has 0 aliphatic rings. The summed E-state index contributed by atoms with van der Waals surface area (Å²) in [4.78, 5) is 4.40. The fourth-order valence-electron chi connectivity index (χ4n) is 2.35. The highest BCUT2D eigenvalue weighted by atomic mass is 32.1. The van der Waals surface area contributed by atoms with E-state index in [2.05, 4.69) is 11.1 Å². The number of methoxy groups -OCH3 is 2. The molecule has 0 aliphatic heterocycles. The van der Waals surface area contributed by atoms with Crippen LogP contribution in [0, 0.1) is 4.77 Å². The second-order valence-corrected chi connectivity index (χ2v) is 6.15. The van der Waals surface area contributed by atoms with Crippen LogP contribution in [0.3, 0.4) is 0 Å². The molecule has 0 saturated carbocycles. The topological polar surface area (TPSA) is 64.2 Å². The summed E-state index contributed by atoms with van der Waals surface area (Å²) in [6.45, 7) is 0.642. The summed E-state index contributed by atoms with van der Waals surface area (Å²) in [6.07, 6.45) is 0. The van der Waals surface area contributed by atoms with Crippen molar-refractivity contribution in [2.24, 2.45) is 0 Å². The van der Waals surface area contributed by atoms with Crippen molar-refractivity contribution in [1.29, 1.82) is 0 Å². The third-order valence-corrected chi connectivity index (χ3v) is 4.65. The highest BCUT2D eigenvalue weighted by Crippen LogP contribution is 2.32. The number of nitrogens with zero attached hydrogens (tertiary/aromatic N) is 1. The van der Waals surface area contributed by atoms with Crippen LogP contribution in [-0.4, -0.2) is 19.2 Å². The zero-order valence-corrected chi connectivity index (χ0v) is 13.9. The van der Waals surface area contributed by atoms with E-state index in [4.69, 9.17) is 27.4 Å². The van der Waals surface area contributed by atoms with Crippen molar-refractivity contribution in [3.8, 4) is 11.5 Å². The van der Waals surface area contributed by atoms with Crippen molar-refractivity contribution >= 4 is 40.3 Å². The summed E-state index contributed by atoms with van der Waals surface area (Å²) in [5.74, 6) is 1.87. The lowest BCUT2D eigenvalue weighted by molar-refractivity contribution is -0.681. The molecule has 0 amide bonds. The van der Waals surface area contributed by atoms with Crippen molar-refractivity contribution in [2.75, 3.05) is 20.0 Å². The Bertz CT molecular complexity index is 873. The zero-order valence-electron chi connectivity index (χ0n) is 12.3. The maximum atomic E-state index is 6.34. The number of anilines is 1. The van der Waals surface area contributed by atoms with E-state index in [0.717, 1.165) is 10.9 Å². The summed E-state index contributed by atoms with van der Waals surface area (Å²) < 4.78 is 13.1. The first-order valence-corrected chi connectivity index (χ1v) is 7.92. The van der Waals surface area contributed by atoms with Gasteiger partial charge >= 0.3 is 0 Å². The van der Waals surface area contributed by atoms with E-state index < -0.39 is 0 Å². The molecule has 3 N–H and O–H groups in total. The van der Waals surface area contributed by atoms with Gasteiger partial charge in [0, 0.05) is 17.0 Å². The number of H-pyrrole nitrogens is 1. The number of hydrogen-bond donors (Lipinski definition) is 2. The molecule has 0 spiro atoms. The average molecular weight is 334 g/mol. The first kappa shape index (κ1) is 14.8. The third kappa shape index (κ3) is 2.53. The molecule has 0 aliphatic carbocycles. The van der Waals surface area contributed by atoms with Crippen LogP contribution in [0.25, 0.3) is 10.9 Å². The predicted molar refractivity (Wildman–Crippen MR) is 90.3 cm³/mol. The van der Waals surface area contributed by atoms with Gasteiger partial charge in [-0.2, -0.15) is 0 Å². The van der Waals surface area contributed by atoms with E-state index in [-0.39, 0.29) is 0 Å². The monoisotopic (exact) mass is 334 g/mol. The minimum absolute atomic E-state index is 0.575. The number of benzene rings is 1. The van der Waals surface area contributed by atoms with Crippen LogP contribution in [0.5, 0.6) is 11.5 Å². The molecule has 0 bridgehead atoms. The molecule has 114 valence electrons. The van der Waals surface area contributed by atoms with E-state index in [1.54, 1.807) is 25.6 Å². The van der Waals surface area contributed by atoms with Gasteiger partial charge < -0.3 is 15.2 Å². The Hall–Kier alpha value is -2.12. The predicted octanol–water partition coefficient (Wildman–Crippen LogP) is 2.89. The number of fused-ring (bicyclic) bond motifs is 1.